The molecular weight excluding hydrogens is 268 g/mol. The van der Waals surface area contributed by atoms with Gasteiger partial charge >= 0.3 is 0 Å². The van der Waals surface area contributed by atoms with Crippen molar-refractivity contribution in [3.63, 3.8) is 0 Å². The van der Waals surface area contributed by atoms with Crippen LogP contribution in [0.25, 0.3) is 0 Å². The Kier molecular flexibility index (Phi) is 4.12. The van der Waals surface area contributed by atoms with Gasteiger partial charge in [0.2, 0.25) is 0 Å². The van der Waals surface area contributed by atoms with E-state index < -0.39 is 0 Å². The lowest BCUT2D eigenvalue weighted by Crippen LogP contribution is -2.10. The minimum absolute atomic E-state index is 0.0224. The second-order valence-corrected chi connectivity index (χ2v) is 4.78. The number of nitrogens with two attached hydrogens (primary N) is 1. The number of ether oxygens (including phenoxy) is 2. The summed E-state index contributed by atoms with van der Waals surface area (Å²) in [7, 11) is 3.10. The van der Waals surface area contributed by atoms with Crippen LogP contribution in [0.3, 0.4) is 0 Å². The predicted molar refractivity (Wildman–Crippen MR) is 83.6 cm³/mol. The van der Waals surface area contributed by atoms with Gasteiger partial charge in [0.05, 0.1) is 25.6 Å². The number of nitrogens with zero attached hydrogens (tertiary/aromatic N) is 1. The molecule has 0 aromatic heterocycles. The van der Waals surface area contributed by atoms with E-state index in [0.717, 1.165) is 16.9 Å². The van der Waals surface area contributed by atoms with Gasteiger partial charge in [-0.3, -0.25) is 4.79 Å². The highest BCUT2D eigenvalue weighted by Crippen LogP contribution is 2.37. The number of carbonyl (C=O) groups excluding carboxylic acids is 1. The average Bonchev–Trinajstić information content (AvgIpc) is 2.43. The molecule has 0 radical (unpaired) electrons. The quantitative estimate of drug-likeness (QED) is 0.685. The van der Waals surface area contributed by atoms with Crippen molar-refractivity contribution in [3.05, 3.63) is 35.4 Å². The molecule has 110 valence electrons. The average molecular weight is 286 g/mol. The molecule has 5 heteroatoms. The summed E-state index contributed by atoms with van der Waals surface area (Å²) in [4.78, 5) is 16.1. The molecule has 2 rings (SSSR count). The zero-order valence-corrected chi connectivity index (χ0v) is 12.6. The summed E-state index contributed by atoms with van der Waals surface area (Å²) in [5.41, 5.74) is 9.33. The minimum atomic E-state index is -0.0224. The number of hydrogen-bond acceptors (Lipinski definition) is 5. The molecule has 0 saturated carbocycles. The number of nitrogen functional groups attached to an aromatic ring is 1. The van der Waals surface area contributed by atoms with Crippen LogP contribution in [-0.4, -0.2) is 25.7 Å². The summed E-state index contributed by atoms with van der Waals surface area (Å²) < 4.78 is 10.5. The van der Waals surface area contributed by atoms with Gasteiger partial charge in [-0.2, -0.15) is 0 Å². The van der Waals surface area contributed by atoms with E-state index in [1.54, 1.807) is 38.5 Å². The molecule has 5 nitrogen and oxygen atoms in total. The maximum absolute atomic E-state index is 11.5. The first-order valence-corrected chi connectivity index (χ1v) is 6.47. The normalized spacial score (nSPS) is 14.5. The van der Waals surface area contributed by atoms with Crippen LogP contribution < -0.4 is 15.2 Å². The van der Waals surface area contributed by atoms with Crippen molar-refractivity contribution in [1.82, 2.24) is 0 Å². The van der Waals surface area contributed by atoms with Crippen molar-refractivity contribution in [1.29, 1.82) is 0 Å². The molecule has 1 aromatic rings. The number of hydrogen-bond donors (Lipinski definition) is 1. The van der Waals surface area contributed by atoms with E-state index in [4.69, 9.17) is 15.2 Å². The third-order valence-electron chi connectivity index (χ3n) is 3.23. The van der Waals surface area contributed by atoms with E-state index in [9.17, 15) is 4.79 Å². The lowest BCUT2D eigenvalue weighted by atomic mass is 9.97. The number of anilines is 1. The van der Waals surface area contributed by atoms with Crippen LogP contribution >= 0.6 is 0 Å². The molecule has 2 N–H and O–H groups in total. The van der Waals surface area contributed by atoms with Gasteiger partial charge in [-0.25, -0.2) is 4.99 Å². The third-order valence-corrected chi connectivity index (χ3v) is 3.23. The molecule has 0 saturated heterocycles. The van der Waals surface area contributed by atoms with Gasteiger partial charge in [0, 0.05) is 12.1 Å². The van der Waals surface area contributed by atoms with Crippen LogP contribution in [0, 0.1) is 0 Å². The van der Waals surface area contributed by atoms with Crippen molar-refractivity contribution >= 4 is 22.9 Å². The van der Waals surface area contributed by atoms with Gasteiger partial charge in [-0.15, -0.1) is 0 Å². The standard InChI is InChI=1S/C16H18N2O3/c1-9-5-11(19)6-10(2)16(9)18-13-8-14(20-3)12(17)7-15(13)21-4/h5-8H,17H2,1-4H3. The van der Waals surface area contributed by atoms with Crippen LogP contribution in [-0.2, 0) is 4.79 Å². The SMILES string of the molecule is COc1cc(N=C2C(C)=CC(=O)C=C2C)c(OC)cc1N. The summed E-state index contributed by atoms with van der Waals surface area (Å²) in [5.74, 6) is 1.06. The Bertz CT molecular complexity index is 661. The monoisotopic (exact) mass is 286 g/mol. The molecule has 0 amide bonds. The fourth-order valence-electron chi connectivity index (χ4n) is 2.21. The number of carbonyl (C=O) groups is 1. The van der Waals surface area contributed by atoms with Crippen LogP contribution in [0.2, 0.25) is 0 Å². The third kappa shape index (κ3) is 2.97. The van der Waals surface area contributed by atoms with Crippen molar-refractivity contribution in [2.24, 2.45) is 4.99 Å². The maximum atomic E-state index is 11.5. The van der Waals surface area contributed by atoms with Crippen molar-refractivity contribution in [2.75, 3.05) is 20.0 Å². The van der Waals surface area contributed by atoms with E-state index in [0.29, 0.717) is 22.9 Å². The molecule has 1 aromatic carbocycles. The largest absolute Gasteiger partial charge is 0.495 e. The lowest BCUT2D eigenvalue weighted by Gasteiger charge is -2.14. The second-order valence-electron chi connectivity index (χ2n) is 4.78. The molecular formula is C16H18N2O3. The van der Waals surface area contributed by atoms with Gasteiger partial charge in [0.15, 0.2) is 5.78 Å². The van der Waals surface area contributed by atoms with Crippen LogP contribution in [0.1, 0.15) is 13.8 Å². The first-order valence-electron chi connectivity index (χ1n) is 6.47. The van der Waals surface area contributed by atoms with Gasteiger partial charge in [-0.05, 0) is 37.1 Å². The topological polar surface area (TPSA) is 73.9 Å². The first kappa shape index (κ1) is 14.8. The lowest BCUT2D eigenvalue weighted by molar-refractivity contribution is -0.110. The molecule has 0 unspecified atom stereocenters. The van der Waals surface area contributed by atoms with Crippen LogP contribution in [0.5, 0.6) is 11.5 Å². The van der Waals surface area contributed by atoms with E-state index in [2.05, 4.69) is 4.99 Å². The van der Waals surface area contributed by atoms with Crippen LogP contribution in [0.15, 0.2) is 40.4 Å². The Balaban J connectivity index is 2.56. The Morgan fingerprint density at radius 2 is 1.57 bits per heavy atom. The molecule has 0 heterocycles. The highest BCUT2D eigenvalue weighted by molar-refractivity contribution is 6.22. The summed E-state index contributed by atoms with van der Waals surface area (Å²) in [6, 6.07) is 3.39. The van der Waals surface area contributed by atoms with Crippen molar-refractivity contribution in [2.45, 2.75) is 13.8 Å². The summed E-state index contributed by atoms with van der Waals surface area (Å²) in [6.45, 7) is 3.71. The van der Waals surface area contributed by atoms with Gasteiger partial charge < -0.3 is 15.2 Å². The Hall–Kier alpha value is -2.56. The first-order chi connectivity index (χ1) is 9.96. The van der Waals surface area contributed by atoms with Gasteiger partial charge in [0.25, 0.3) is 0 Å². The molecule has 1 aliphatic rings. The van der Waals surface area contributed by atoms with Crippen LogP contribution in [0.4, 0.5) is 11.4 Å². The molecule has 0 fully saturated rings. The highest BCUT2D eigenvalue weighted by Gasteiger charge is 2.15. The fraction of sp³-hybridized carbons (Fsp3) is 0.250. The van der Waals surface area contributed by atoms with E-state index in [-0.39, 0.29) is 5.78 Å². The number of benzene rings is 1. The highest BCUT2D eigenvalue weighted by atomic mass is 16.5. The zero-order chi connectivity index (χ0) is 15.6. The molecule has 0 atom stereocenters. The fourth-order valence-corrected chi connectivity index (χ4v) is 2.21. The summed E-state index contributed by atoms with van der Waals surface area (Å²) in [6.07, 6.45) is 3.12. The number of ketones is 1. The minimum Gasteiger partial charge on any atom is -0.495 e. The summed E-state index contributed by atoms with van der Waals surface area (Å²) in [5, 5.41) is 0. The molecule has 0 bridgehead atoms. The second kappa shape index (κ2) is 5.83. The van der Waals surface area contributed by atoms with Gasteiger partial charge in [0.1, 0.15) is 17.2 Å². The zero-order valence-electron chi connectivity index (χ0n) is 12.6. The maximum Gasteiger partial charge on any atom is 0.179 e. The molecule has 0 spiro atoms. The number of rotatable bonds is 3. The number of aliphatic imine (C=N–C) groups is 1. The summed E-state index contributed by atoms with van der Waals surface area (Å²) >= 11 is 0. The Labute approximate surface area is 123 Å². The Morgan fingerprint density at radius 3 is 2.10 bits per heavy atom. The molecule has 21 heavy (non-hydrogen) atoms. The van der Waals surface area contributed by atoms with E-state index in [1.165, 1.54) is 0 Å². The number of methoxy groups -OCH3 is 2. The predicted octanol–water partition coefficient (Wildman–Crippen LogP) is 2.83. The molecule has 0 aliphatic heterocycles. The number of allylic oxidation sites excluding steroid dienone is 4. The smallest absolute Gasteiger partial charge is 0.179 e. The van der Waals surface area contributed by atoms with Crippen molar-refractivity contribution in [3.8, 4) is 11.5 Å². The van der Waals surface area contributed by atoms with Crippen molar-refractivity contribution < 1.29 is 14.3 Å². The van der Waals surface area contributed by atoms with Gasteiger partial charge in [-0.1, -0.05) is 0 Å². The van der Waals surface area contributed by atoms with E-state index in [1.807, 2.05) is 13.8 Å². The molecule has 1 aliphatic carbocycles. The Morgan fingerprint density at radius 1 is 1.00 bits per heavy atom. The van der Waals surface area contributed by atoms with E-state index >= 15 is 0 Å².